The van der Waals surface area contributed by atoms with Crippen molar-refractivity contribution in [3.05, 3.63) is 25.7 Å². The average molecular weight is 346 g/mol. The highest BCUT2D eigenvalue weighted by Crippen LogP contribution is 2.35. The number of halogens is 1. The maximum atomic E-state index is 12.1. The van der Waals surface area contributed by atoms with E-state index in [4.69, 9.17) is 0 Å². The van der Waals surface area contributed by atoms with E-state index in [9.17, 15) is 9.59 Å². The summed E-state index contributed by atoms with van der Waals surface area (Å²) in [5.41, 5.74) is 0. The predicted molar refractivity (Wildman–Crippen MR) is 79.6 cm³/mol. The summed E-state index contributed by atoms with van der Waals surface area (Å²) < 4.78 is 0.986. The Morgan fingerprint density at radius 1 is 1.50 bits per heavy atom. The molecule has 0 aromatic carbocycles. The normalized spacial score (nSPS) is 19.9. The summed E-state index contributed by atoms with van der Waals surface area (Å²) in [6.07, 6.45) is 2.55. The Labute approximate surface area is 122 Å². The lowest BCUT2D eigenvalue weighted by atomic mass is 10.2. The summed E-state index contributed by atoms with van der Waals surface area (Å²) in [6, 6.07) is 1.89. The maximum absolute atomic E-state index is 12.1. The number of thiophene rings is 1. The molecule has 1 atom stereocenters. The monoisotopic (exact) mass is 345 g/mol. The van der Waals surface area contributed by atoms with Crippen molar-refractivity contribution in [3.8, 4) is 0 Å². The number of carbonyl (C=O) groups is 2. The van der Waals surface area contributed by atoms with Gasteiger partial charge in [-0.25, -0.2) is 0 Å². The molecule has 1 saturated heterocycles. The molecule has 1 aromatic rings. The Kier molecular flexibility index (Phi) is 4.29. The van der Waals surface area contributed by atoms with Crippen LogP contribution in [0, 0.1) is 0 Å². The number of nitrogens with zero attached hydrogens (tertiary/aromatic N) is 1. The van der Waals surface area contributed by atoms with Gasteiger partial charge in [0.05, 0.1) is 4.91 Å². The third-order valence-corrected chi connectivity index (χ3v) is 5.24. The molecule has 1 aromatic heterocycles. The molecule has 1 fully saturated rings. The van der Waals surface area contributed by atoms with Crippen molar-refractivity contribution in [2.75, 3.05) is 0 Å². The van der Waals surface area contributed by atoms with Crippen molar-refractivity contribution in [1.29, 1.82) is 0 Å². The standard InChI is InChI=1S/C12H12BrNO2S2/c1-3-7(2)14-11(15)10(18-12(14)16)5-9-4-8(13)6-17-9/h4-7H,3H2,1-2H3/b10-5+/t7-/m1/s1. The molecule has 2 heterocycles. The summed E-state index contributed by atoms with van der Waals surface area (Å²) in [4.78, 5) is 26.8. The smallest absolute Gasteiger partial charge is 0.268 e. The van der Waals surface area contributed by atoms with Gasteiger partial charge >= 0.3 is 0 Å². The Morgan fingerprint density at radius 2 is 2.22 bits per heavy atom. The topological polar surface area (TPSA) is 37.4 Å². The number of amides is 2. The van der Waals surface area contributed by atoms with Crippen molar-refractivity contribution < 1.29 is 9.59 Å². The van der Waals surface area contributed by atoms with Gasteiger partial charge in [0, 0.05) is 20.8 Å². The van der Waals surface area contributed by atoms with Crippen LogP contribution in [-0.4, -0.2) is 22.1 Å². The molecule has 6 heteroatoms. The summed E-state index contributed by atoms with van der Waals surface area (Å²) in [6.45, 7) is 3.86. The highest BCUT2D eigenvalue weighted by atomic mass is 79.9. The van der Waals surface area contributed by atoms with Gasteiger partial charge in [0.1, 0.15) is 0 Å². The minimum Gasteiger partial charge on any atom is -0.268 e. The minimum absolute atomic E-state index is 0.0431. The van der Waals surface area contributed by atoms with Crippen LogP contribution in [0.25, 0.3) is 6.08 Å². The molecule has 18 heavy (non-hydrogen) atoms. The van der Waals surface area contributed by atoms with E-state index in [1.54, 1.807) is 6.08 Å². The average Bonchev–Trinajstić information content (AvgIpc) is 2.84. The highest BCUT2D eigenvalue weighted by Gasteiger charge is 2.37. The van der Waals surface area contributed by atoms with Gasteiger partial charge in [0.25, 0.3) is 11.1 Å². The Bertz CT molecular complexity index is 524. The molecular formula is C12H12BrNO2S2. The van der Waals surface area contributed by atoms with Gasteiger partial charge < -0.3 is 0 Å². The number of thioether (sulfide) groups is 1. The Balaban J connectivity index is 2.25. The summed E-state index contributed by atoms with van der Waals surface area (Å²) in [5.74, 6) is -0.177. The van der Waals surface area contributed by atoms with Crippen LogP contribution in [0.1, 0.15) is 25.1 Å². The Morgan fingerprint density at radius 3 is 2.78 bits per heavy atom. The first-order valence-corrected chi connectivity index (χ1v) is 8.03. The number of imide groups is 1. The predicted octanol–water partition coefficient (Wildman–Crippen LogP) is 4.35. The maximum Gasteiger partial charge on any atom is 0.293 e. The van der Waals surface area contributed by atoms with Gasteiger partial charge in [0.2, 0.25) is 0 Å². The molecule has 0 unspecified atom stereocenters. The molecule has 0 bridgehead atoms. The van der Waals surface area contributed by atoms with Gasteiger partial charge in [-0.2, -0.15) is 0 Å². The number of hydrogen-bond donors (Lipinski definition) is 0. The van der Waals surface area contributed by atoms with E-state index < -0.39 is 0 Å². The van der Waals surface area contributed by atoms with Crippen LogP contribution in [0.15, 0.2) is 20.8 Å². The van der Waals surface area contributed by atoms with Crippen molar-refractivity contribution in [1.82, 2.24) is 4.90 Å². The molecule has 2 amide bonds. The fourth-order valence-corrected chi connectivity index (χ4v) is 3.95. The zero-order valence-electron chi connectivity index (χ0n) is 9.97. The molecule has 1 aliphatic heterocycles. The third kappa shape index (κ3) is 2.70. The fourth-order valence-electron chi connectivity index (χ4n) is 1.58. The molecule has 3 nitrogen and oxygen atoms in total. The molecule has 0 saturated carbocycles. The lowest BCUT2D eigenvalue weighted by Crippen LogP contribution is -2.36. The zero-order valence-corrected chi connectivity index (χ0v) is 13.2. The van der Waals surface area contributed by atoms with E-state index in [2.05, 4.69) is 15.9 Å². The second-order valence-corrected chi connectivity index (χ2v) is 6.83. The van der Waals surface area contributed by atoms with Crippen LogP contribution >= 0.6 is 39.0 Å². The van der Waals surface area contributed by atoms with Gasteiger partial charge in [0.15, 0.2) is 0 Å². The molecule has 0 spiro atoms. The first kappa shape index (κ1) is 13.8. The van der Waals surface area contributed by atoms with E-state index in [0.29, 0.717) is 4.91 Å². The fraction of sp³-hybridized carbons (Fsp3) is 0.333. The zero-order chi connectivity index (χ0) is 13.3. The van der Waals surface area contributed by atoms with Crippen LogP contribution in [0.5, 0.6) is 0 Å². The molecule has 0 N–H and O–H groups in total. The first-order chi connectivity index (χ1) is 8.52. The second-order valence-electron chi connectivity index (χ2n) is 3.98. The van der Waals surface area contributed by atoms with Gasteiger partial charge in [-0.15, -0.1) is 11.3 Å². The highest BCUT2D eigenvalue weighted by molar-refractivity contribution is 9.10. The van der Waals surface area contributed by atoms with Crippen molar-refractivity contribution in [3.63, 3.8) is 0 Å². The van der Waals surface area contributed by atoms with Gasteiger partial charge in [-0.3, -0.25) is 14.5 Å². The van der Waals surface area contributed by atoms with Gasteiger partial charge in [-0.05, 0) is 53.2 Å². The van der Waals surface area contributed by atoms with Crippen molar-refractivity contribution >= 4 is 56.3 Å². The summed E-state index contributed by atoms with van der Waals surface area (Å²) in [5, 5.41) is 1.78. The van der Waals surface area contributed by atoms with E-state index in [0.717, 1.165) is 27.5 Å². The van der Waals surface area contributed by atoms with Crippen molar-refractivity contribution in [2.45, 2.75) is 26.3 Å². The first-order valence-electron chi connectivity index (χ1n) is 5.54. The Hall–Kier alpha value is -0.590. The molecule has 0 radical (unpaired) electrons. The number of carbonyl (C=O) groups excluding carboxylic acids is 2. The van der Waals surface area contributed by atoms with Crippen LogP contribution in [0.4, 0.5) is 4.79 Å². The molecule has 2 rings (SSSR count). The van der Waals surface area contributed by atoms with Crippen LogP contribution < -0.4 is 0 Å². The van der Waals surface area contributed by atoms with Crippen LogP contribution in [-0.2, 0) is 4.79 Å². The van der Waals surface area contributed by atoms with E-state index in [1.807, 2.05) is 25.3 Å². The van der Waals surface area contributed by atoms with E-state index in [-0.39, 0.29) is 17.2 Å². The number of hydrogen-bond acceptors (Lipinski definition) is 4. The number of rotatable bonds is 3. The molecule has 96 valence electrons. The van der Waals surface area contributed by atoms with Crippen LogP contribution in [0.3, 0.4) is 0 Å². The SMILES string of the molecule is CC[C@@H](C)N1C(=O)S/C(=C/c2cc(Br)cs2)C1=O. The van der Waals surface area contributed by atoms with Gasteiger partial charge in [-0.1, -0.05) is 6.92 Å². The largest absolute Gasteiger partial charge is 0.293 e. The lowest BCUT2D eigenvalue weighted by molar-refractivity contribution is -0.124. The minimum atomic E-state index is -0.177. The second kappa shape index (κ2) is 5.59. The van der Waals surface area contributed by atoms with E-state index >= 15 is 0 Å². The van der Waals surface area contributed by atoms with Crippen LogP contribution in [0.2, 0.25) is 0 Å². The molecule has 1 aliphatic rings. The summed E-state index contributed by atoms with van der Waals surface area (Å²) in [7, 11) is 0. The van der Waals surface area contributed by atoms with Crippen molar-refractivity contribution in [2.24, 2.45) is 0 Å². The quantitative estimate of drug-likeness (QED) is 0.764. The van der Waals surface area contributed by atoms with E-state index in [1.165, 1.54) is 16.2 Å². The lowest BCUT2D eigenvalue weighted by Gasteiger charge is -2.19. The third-order valence-electron chi connectivity index (χ3n) is 2.72. The summed E-state index contributed by atoms with van der Waals surface area (Å²) >= 11 is 5.92. The molecular weight excluding hydrogens is 334 g/mol. The molecule has 0 aliphatic carbocycles.